The van der Waals surface area contributed by atoms with Gasteiger partial charge in [-0.3, -0.25) is 9.99 Å². The minimum Gasteiger partial charge on any atom is -0.489 e. The lowest BCUT2D eigenvalue weighted by Gasteiger charge is -2.41. The molecule has 0 fully saturated rings. The van der Waals surface area contributed by atoms with E-state index in [1.807, 2.05) is 31.2 Å². The number of nitrogens with zero attached hydrogens (tertiary/aromatic N) is 3. The Morgan fingerprint density at radius 2 is 1.70 bits per heavy atom. The molecular formula is C34H32F4N5O3P. The lowest BCUT2D eigenvalue weighted by Crippen LogP contribution is -2.54. The molecule has 13 heteroatoms. The van der Waals surface area contributed by atoms with Crippen molar-refractivity contribution in [1.82, 2.24) is 9.99 Å². The highest BCUT2D eigenvalue weighted by atomic mass is 31.1. The van der Waals surface area contributed by atoms with Crippen molar-refractivity contribution in [2.45, 2.75) is 25.1 Å². The van der Waals surface area contributed by atoms with E-state index >= 15 is 13.2 Å². The number of ether oxygens (including phenoxy) is 1. The van der Waals surface area contributed by atoms with Crippen LogP contribution in [-0.2, 0) is 27.2 Å². The van der Waals surface area contributed by atoms with E-state index in [0.717, 1.165) is 36.3 Å². The summed E-state index contributed by atoms with van der Waals surface area (Å²) in [6, 6.07) is 19.7. The van der Waals surface area contributed by atoms with Crippen LogP contribution in [0.25, 0.3) is 0 Å². The van der Waals surface area contributed by atoms with Crippen molar-refractivity contribution < 1.29 is 31.3 Å². The Morgan fingerprint density at radius 1 is 1.00 bits per heavy atom. The number of hydrogen-bond donors (Lipinski definition) is 2. The standard InChI is InChI=1S/C34H32F4N5O3P/c1-3-18-45-47-46-33(22-43(40)23-42-39,30-16-13-28(35)19-31(30)36)34(37,38)32-17-12-26(20-41-32)9-8-25-10-14-29(15-11-25)44-21-27-6-4-24(2)5-7-27/h3-7,10-17,19-20,23,47H,1,18,21-22,39-40H2,2H3/b42-23-. The van der Waals surface area contributed by atoms with Gasteiger partial charge in [0.1, 0.15) is 36.0 Å². The van der Waals surface area contributed by atoms with Gasteiger partial charge in [0.05, 0.1) is 13.2 Å². The monoisotopic (exact) mass is 665 g/mol. The number of alkyl halides is 2. The molecule has 2 unspecified atom stereocenters. The van der Waals surface area contributed by atoms with Crippen LogP contribution in [0.5, 0.6) is 5.75 Å². The molecule has 3 aromatic carbocycles. The molecule has 2 atom stereocenters. The zero-order chi connectivity index (χ0) is 33.9. The Morgan fingerprint density at radius 3 is 2.34 bits per heavy atom. The maximum absolute atomic E-state index is 16.6. The minimum absolute atomic E-state index is 0.0443. The van der Waals surface area contributed by atoms with Gasteiger partial charge < -0.3 is 19.6 Å². The van der Waals surface area contributed by atoms with Crippen LogP contribution in [0.2, 0.25) is 0 Å². The molecule has 0 saturated carbocycles. The first-order valence-electron chi connectivity index (χ1n) is 14.1. The van der Waals surface area contributed by atoms with Crippen LogP contribution < -0.4 is 16.4 Å². The molecule has 0 aliphatic carbocycles. The molecule has 0 spiro atoms. The van der Waals surface area contributed by atoms with Crippen molar-refractivity contribution in [1.29, 1.82) is 0 Å². The van der Waals surface area contributed by atoms with Gasteiger partial charge in [0.15, 0.2) is 14.6 Å². The number of halogens is 4. The van der Waals surface area contributed by atoms with Crippen molar-refractivity contribution in [2.75, 3.05) is 13.2 Å². The van der Waals surface area contributed by atoms with Crippen LogP contribution in [0.4, 0.5) is 17.6 Å². The number of hydrogen-bond acceptors (Lipinski definition) is 7. The van der Waals surface area contributed by atoms with Gasteiger partial charge in [-0.05, 0) is 61.0 Å². The van der Waals surface area contributed by atoms with E-state index in [9.17, 15) is 4.39 Å². The van der Waals surface area contributed by atoms with Gasteiger partial charge >= 0.3 is 5.92 Å². The summed E-state index contributed by atoms with van der Waals surface area (Å²) in [6.07, 6.45) is 3.37. The average molecular weight is 666 g/mol. The summed E-state index contributed by atoms with van der Waals surface area (Å²) in [5.41, 5.74) is -1.19. The van der Waals surface area contributed by atoms with Gasteiger partial charge in [-0.15, -0.1) is 6.58 Å². The summed E-state index contributed by atoms with van der Waals surface area (Å²) in [4.78, 5) is 3.95. The molecule has 4 rings (SSSR count). The summed E-state index contributed by atoms with van der Waals surface area (Å²) in [7, 11) is -1.03. The number of benzene rings is 3. The van der Waals surface area contributed by atoms with E-state index in [4.69, 9.17) is 25.5 Å². The third-order valence-electron chi connectivity index (χ3n) is 6.79. The SMILES string of the molecule is C=CCOPOC(CN(N)/C=N\N)(c1ccc(F)cc1F)C(F)(F)c1ccc(C#Cc2ccc(OCc3ccc(C)cc3)cc2)cn1. The molecular weight excluding hydrogens is 633 g/mol. The van der Waals surface area contributed by atoms with Crippen LogP contribution in [0.3, 0.4) is 0 Å². The third kappa shape index (κ3) is 8.93. The maximum Gasteiger partial charge on any atom is 0.324 e. The summed E-state index contributed by atoms with van der Waals surface area (Å²) in [6.45, 7) is 5.00. The van der Waals surface area contributed by atoms with Crippen LogP contribution in [-0.4, -0.2) is 29.5 Å². The summed E-state index contributed by atoms with van der Waals surface area (Å²) in [5, 5.41) is 3.93. The molecule has 0 radical (unpaired) electrons. The van der Waals surface area contributed by atoms with Crippen molar-refractivity contribution in [3.63, 3.8) is 0 Å². The molecule has 0 amide bonds. The largest absolute Gasteiger partial charge is 0.489 e. The Kier molecular flexibility index (Phi) is 12.1. The Balaban J connectivity index is 1.59. The number of rotatable bonds is 14. The highest BCUT2D eigenvalue weighted by molar-refractivity contribution is 7.26. The summed E-state index contributed by atoms with van der Waals surface area (Å²) in [5.74, 6) is 11.2. The van der Waals surface area contributed by atoms with Crippen LogP contribution >= 0.6 is 9.03 Å². The van der Waals surface area contributed by atoms with Gasteiger partial charge in [0.25, 0.3) is 0 Å². The van der Waals surface area contributed by atoms with Gasteiger partial charge in [0, 0.05) is 29.0 Å². The van der Waals surface area contributed by atoms with Crippen LogP contribution in [0, 0.1) is 30.4 Å². The van der Waals surface area contributed by atoms with E-state index in [1.165, 1.54) is 17.7 Å². The highest BCUT2D eigenvalue weighted by Crippen LogP contribution is 2.51. The molecule has 8 nitrogen and oxygen atoms in total. The minimum atomic E-state index is -4.07. The van der Waals surface area contributed by atoms with E-state index in [1.54, 1.807) is 24.3 Å². The second-order valence-corrected chi connectivity index (χ2v) is 10.9. The molecule has 4 aromatic rings. The highest BCUT2D eigenvalue weighted by Gasteiger charge is 2.60. The van der Waals surface area contributed by atoms with E-state index in [2.05, 4.69) is 28.5 Å². The quantitative estimate of drug-likeness (QED) is 0.0184. The van der Waals surface area contributed by atoms with E-state index in [-0.39, 0.29) is 6.61 Å². The first-order valence-corrected chi connectivity index (χ1v) is 14.9. The maximum atomic E-state index is 16.6. The lowest BCUT2D eigenvalue weighted by molar-refractivity contribution is -0.187. The normalized spacial score (nSPS) is 12.9. The zero-order valence-electron chi connectivity index (χ0n) is 25.3. The van der Waals surface area contributed by atoms with E-state index < -0.39 is 50.0 Å². The fraction of sp³-hybridized carbons (Fsp3) is 0.176. The molecule has 47 heavy (non-hydrogen) atoms. The number of aryl methyl sites for hydroxylation is 1. The molecule has 0 saturated heterocycles. The third-order valence-corrected chi connectivity index (χ3v) is 7.50. The van der Waals surface area contributed by atoms with Gasteiger partial charge in [-0.1, -0.05) is 47.7 Å². The smallest absolute Gasteiger partial charge is 0.324 e. The molecule has 4 N–H and O–H groups in total. The predicted octanol–water partition coefficient (Wildman–Crippen LogP) is 6.44. The fourth-order valence-electron chi connectivity index (χ4n) is 4.39. The van der Waals surface area contributed by atoms with Crippen molar-refractivity contribution in [3.8, 4) is 17.6 Å². The van der Waals surface area contributed by atoms with Crippen LogP contribution in [0.1, 0.15) is 33.5 Å². The van der Waals surface area contributed by atoms with Gasteiger partial charge in [-0.2, -0.15) is 13.9 Å². The second-order valence-electron chi connectivity index (χ2n) is 10.2. The predicted molar refractivity (Wildman–Crippen MR) is 173 cm³/mol. The first kappa shape index (κ1) is 35.1. The second kappa shape index (κ2) is 16.2. The van der Waals surface area contributed by atoms with Crippen molar-refractivity contribution in [2.24, 2.45) is 16.8 Å². The zero-order valence-corrected chi connectivity index (χ0v) is 26.3. The van der Waals surface area contributed by atoms with E-state index in [0.29, 0.717) is 34.6 Å². The van der Waals surface area contributed by atoms with Crippen molar-refractivity contribution in [3.05, 3.63) is 143 Å². The van der Waals surface area contributed by atoms with Crippen molar-refractivity contribution >= 4 is 15.4 Å². The van der Waals surface area contributed by atoms with Crippen LogP contribution in [0.15, 0.2) is 103 Å². The summed E-state index contributed by atoms with van der Waals surface area (Å²) < 4.78 is 79.0. The number of nitrogens with two attached hydrogens (primary N) is 2. The number of aromatic nitrogens is 1. The lowest BCUT2D eigenvalue weighted by atomic mass is 9.84. The fourth-order valence-corrected chi connectivity index (χ4v) is 5.08. The molecule has 1 heterocycles. The number of hydrazone groups is 1. The number of hydrazine groups is 1. The molecule has 0 aliphatic rings. The molecule has 0 bridgehead atoms. The van der Waals surface area contributed by atoms with Gasteiger partial charge in [-0.25, -0.2) is 14.6 Å². The Bertz CT molecular complexity index is 1730. The molecule has 244 valence electrons. The first-order chi connectivity index (χ1) is 22.6. The average Bonchev–Trinajstić information content (AvgIpc) is 3.06. The Labute approximate surface area is 272 Å². The van der Waals surface area contributed by atoms with Gasteiger partial charge in [0.2, 0.25) is 0 Å². The number of pyridine rings is 1. The summed E-state index contributed by atoms with van der Waals surface area (Å²) >= 11 is 0. The molecule has 0 aliphatic heterocycles. The topological polar surface area (TPSA) is 108 Å². The Hall–Kier alpha value is -4.79. The molecule has 1 aromatic heterocycles.